The Morgan fingerprint density at radius 2 is 1.96 bits per heavy atom. The molecule has 0 amide bonds. The standard InChI is InChI=1S/C21H25N3OS/c1-4-24(5-2)15-9-7-14(8-10-15)19-22-20(25)18-16-11-6-13(3)12-17(16)26-21(18)23-19/h7-10,13H,4-6,11-12H2,1-3H3,(H,22,23,25). The summed E-state index contributed by atoms with van der Waals surface area (Å²) in [5.74, 6) is 1.36. The Hall–Kier alpha value is -2.14. The lowest BCUT2D eigenvalue weighted by Crippen LogP contribution is -2.21. The Morgan fingerprint density at radius 1 is 1.23 bits per heavy atom. The number of aryl methyl sites for hydroxylation is 1. The molecule has 3 aromatic rings. The smallest absolute Gasteiger partial charge is 0.260 e. The van der Waals surface area contributed by atoms with Crippen LogP contribution in [-0.4, -0.2) is 23.1 Å². The summed E-state index contributed by atoms with van der Waals surface area (Å²) >= 11 is 1.70. The number of hydrogen-bond acceptors (Lipinski definition) is 4. The molecule has 4 rings (SSSR count). The third kappa shape index (κ3) is 2.94. The number of benzene rings is 1. The number of rotatable bonds is 4. The first-order chi connectivity index (χ1) is 12.6. The van der Waals surface area contributed by atoms with Gasteiger partial charge in [-0.05, 0) is 68.9 Å². The average Bonchev–Trinajstić information content (AvgIpc) is 3.01. The number of nitrogens with one attached hydrogen (secondary N) is 1. The van der Waals surface area contributed by atoms with Gasteiger partial charge in [0.2, 0.25) is 0 Å². The summed E-state index contributed by atoms with van der Waals surface area (Å²) in [6.07, 6.45) is 3.23. The minimum Gasteiger partial charge on any atom is -0.372 e. The predicted octanol–water partition coefficient (Wildman–Crippen LogP) is 4.62. The molecule has 4 nitrogen and oxygen atoms in total. The van der Waals surface area contributed by atoms with E-state index in [0.29, 0.717) is 11.7 Å². The molecule has 0 aliphatic heterocycles. The van der Waals surface area contributed by atoms with Crippen molar-refractivity contribution >= 4 is 27.2 Å². The van der Waals surface area contributed by atoms with Gasteiger partial charge >= 0.3 is 0 Å². The molecule has 1 unspecified atom stereocenters. The van der Waals surface area contributed by atoms with Crippen LogP contribution in [0.2, 0.25) is 0 Å². The van der Waals surface area contributed by atoms with Crippen LogP contribution in [0.1, 0.15) is 37.6 Å². The van der Waals surface area contributed by atoms with Gasteiger partial charge in [-0.15, -0.1) is 11.3 Å². The van der Waals surface area contributed by atoms with Gasteiger partial charge in [-0.2, -0.15) is 0 Å². The summed E-state index contributed by atoms with van der Waals surface area (Å²) in [5.41, 5.74) is 3.40. The molecule has 1 atom stereocenters. The fourth-order valence-electron chi connectivity index (χ4n) is 3.90. The van der Waals surface area contributed by atoms with E-state index in [9.17, 15) is 4.79 Å². The van der Waals surface area contributed by atoms with Gasteiger partial charge in [-0.25, -0.2) is 4.98 Å². The molecule has 2 heterocycles. The zero-order chi connectivity index (χ0) is 18.3. The van der Waals surface area contributed by atoms with Gasteiger partial charge in [0.1, 0.15) is 10.7 Å². The lowest BCUT2D eigenvalue weighted by molar-refractivity contribution is 0.509. The summed E-state index contributed by atoms with van der Waals surface area (Å²) in [7, 11) is 0. The van der Waals surface area contributed by atoms with Gasteiger partial charge in [0, 0.05) is 29.2 Å². The van der Waals surface area contributed by atoms with E-state index in [0.717, 1.165) is 48.1 Å². The van der Waals surface area contributed by atoms with E-state index in [-0.39, 0.29) is 5.56 Å². The second kappa shape index (κ2) is 6.88. The van der Waals surface area contributed by atoms with Crippen molar-refractivity contribution in [1.29, 1.82) is 0 Å². The lowest BCUT2D eigenvalue weighted by atomic mass is 9.89. The largest absolute Gasteiger partial charge is 0.372 e. The molecule has 1 aromatic carbocycles. The van der Waals surface area contributed by atoms with Crippen molar-refractivity contribution in [1.82, 2.24) is 9.97 Å². The van der Waals surface area contributed by atoms with Crippen LogP contribution in [0, 0.1) is 5.92 Å². The summed E-state index contributed by atoms with van der Waals surface area (Å²) in [6.45, 7) is 8.56. The van der Waals surface area contributed by atoms with E-state index < -0.39 is 0 Å². The first-order valence-corrected chi connectivity index (χ1v) is 10.3. The molecule has 1 aliphatic rings. The molecule has 0 saturated heterocycles. The van der Waals surface area contributed by atoms with Crippen LogP contribution in [0.4, 0.5) is 5.69 Å². The summed E-state index contributed by atoms with van der Waals surface area (Å²) < 4.78 is 0. The second-order valence-electron chi connectivity index (χ2n) is 7.17. The van der Waals surface area contributed by atoms with Gasteiger partial charge in [-0.1, -0.05) is 6.92 Å². The Labute approximate surface area is 157 Å². The molecule has 0 saturated carbocycles. The quantitative estimate of drug-likeness (QED) is 0.732. The number of thiophene rings is 1. The van der Waals surface area contributed by atoms with Crippen LogP contribution < -0.4 is 10.5 Å². The molecule has 1 N–H and O–H groups in total. The molecule has 0 fully saturated rings. The van der Waals surface area contributed by atoms with Crippen LogP contribution in [-0.2, 0) is 12.8 Å². The summed E-state index contributed by atoms with van der Waals surface area (Å²) in [5, 5.41) is 0.820. The first kappa shape index (κ1) is 17.3. The summed E-state index contributed by atoms with van der Waals surface area (Å²) in [6, 6.07) is 8.31. The zero-order valence-corrected chi connectivity index (χ0v) is 16.4. The van der Waals surface area contributed by atoms with E-state index in [1.165, 1.54) is 16.1 Å². The zero-order valence-electron chi connectivity index (χ0n) is 15.6. The molecule has 136 valence electrons. The molecular weight excluding hydrogens is 342 g/mol. The highest BCUT2D eigenvalue weighted by molar-refractivity contribution is 7.18. The van der Waals surface area contributed by atoms with Crippen LogP contribution in [0.5, 0.6) is 0 Å². The topological polar surface area (TPSA) is 49.0 Å². The van der Waals surface area contributed by atoms with E-state index >= 15 is 0 Å². The second-order valence-corrected chi connectivity index (χ2v) is 8.25. The number of H-pyrrole nitrogens is 1. The molecule has 1 aliphatic carbocycles. The van der Waals surface area contributed by atoms with Gasteiger partial charge in [-0.3, -0.25) is 4.79 Å². The van der Waals surface area contributed by atoms with Crippen molar-refractivity contribution < 1.29 is 0 Å². The van der Waals surface area contributed by atoms with Crippen LogP contribution in [0.3, 0.4) is 0 Å². The van der Waals surface area contributed by atoms with Crippen LogP contribution >= 0.6 is 11.3 Å². The first-order valence-electron chi connectivity index (χ1n) is 9.50. The highest BCUT2D eigenvalue weighted by Crippen LogP contribution is 2.36. The molecule has 5 heteroatoms. The average molecular weight is 368 g/mol. The van der Waals surface area contributed by atoms with Crippen molar-refractivity contribution in [2.45, 2.75) is 40.0 Å². The SMILES string of the molecule is CCN(CC)c1ccc(-c2nc3sc4c(c3c(=O)[nH]2)CCC(C)C4)cc1. The van der Waals surface area contributed by atoms with Crippen molar-refractivity contribution in [2.24, 2.45) is 5.92 Å². The van der Waals surface area contributed by atoms with Crippen LogP contribution in [0.15, 0.2) is 29.1 Å². The molecule has 0 spiro atoms. The van der Waals surface area contributed by atoms with Crippen molar-refractivity contribution in [3.8, 4) is 11.4 Å². The van der Waals surface area contributed by atoms with E-state index in [2.05, 4.69) is 42.8 Å². The third-order valence-electron chi connectivity index (χ3n) is 5.43. The summed E-state index contributed by atoms with van der Waals surface area (Å²) in [4.78, 5) is 25.1. The monoisotopic (exact) mass is 367 g/mol. The van der Waals surface area contributed by atoms with Crippen molar-refractivity contribution in [3.05, 3.63) is 45.1 Å². The number of fused-ring (bicyclic) bond motifs is 3. The van der Waals surface area contributed by atoms with Gasteiger partial charge in [0.25, 0.3) is 5.56 Å². The minimum atomic E-state index is 0.00451. The highest BCUT2D eigenvalue weighted by atomic mass is 32.1. The Morgan fingerprint density at radius 3 is 2.65 bits per heavy atom. The van der Waals surface area contributed by atoms with Gasteiger partial charge in [0.15, 0.2) is 0 Å². The van der Waals surface area contributed by atoms with Crippen LogP contribution in [0.25, 0.3) is 21.6 Å². The Bertz CT molecular complexity index is 983. The molecule has 0 radical (unpaired) electrons. The molecular formula is C21H25N3OS. The Balaban J connectivity index is 1.75. The minimum absolute atomic E-state index is 0.00451. The normalized spacial score (nSPS) is 16.7. The number of aromatic nitrogens is 2. The lowest BCUT2D eigenvalue weighted by Gasteiger charge is -2.21. The number of nitrogens with zero attached hydrogens (tertiary/aromatic N) is 2. The van der Waals surface area contributed by atoms with Crippen molar-refractivity contribution in [2.75, 3.05) is 18.0 Å². The maximum Gasteiger partial charge on any atom is 0.260 e. The maximum atomic E-state index is 12.8. The maximum absolute atomic E-state index is 12.8. The van der Waals surface area contributed by atoms with Crippen molar-refractivity contribution in [3.63, 3.8) is 0 Å². The number of aromatic amines is 1. The highest BCUT2D eigenvalue weighted by Gasteiger charge is 2.23. The predicted molar refractivity (Wildman–Crippen MR) is 110 cm³/mol. The van der Waals surface area contributed by atoms with E-state index in [1.807, 2.05) is 12.1 Å². The number of hydrogen-bond donors (Lipinski definition) is 1. The molecule has 26 heavy (non-hydrogen) atoms. The van der Waals surface area contributed by atoms with Gasteiger partial charge in [0.05, 0.1) is 5.39 Å². The Kier molecular flexibility index (Phi) is 4.57. The fraction of sp³-hybridized carbons (Fsp3) is 0.429. The number of anilines is 1. The fourth-order valence-corrected chi connectivity index (χ4v) is 5.29. The molecule has 0 bridgehead atoms. The molecule has 2 aromatic heterocycles. The van der Waals surface area contributed by atoms with Gasteiger partial charge < -0.3 is 9.88 Å². The van der Waals surface area contributed by atoms with E-state index in [4.69, 9.17) is 4.98 Å². The third-order valence-corrected chi connectivity index (χ3v) is 6.58. The van der Waals surface area contributed by atoms with E-state index in [1.54, 1.807) is 11.3 Å².